The van der Waals surface area contributed by atoms with E-state index in [1.165, 1.54) is 22.3 Å². The van der Waals surface area contributed by atoms with Gasteiger partial charge in [-0.2, -0.15) is 0 Å². The van der Waals surface area contributed by atoms with E-state index in [0.29, 0.717) is 13.2 Å². The van der Waals surface area contributed by atoms with Gasteiger partial charge in [0.25, 0.3) is 0 Å². The maximum Gasteiger partial charge on any atom is 0.407 e. The van der Waals surface area contributed by atoms with Gasteiger partial charge in [0.05, 0.1) is 0 Å². The number of pyridine rings is 1. The minimum atomic E-state index is -0.409. The van der Waals surface area contributed by atoms with Gasteiger partial charge in [0.2, 0.25) is 0 Å². The summed E-state index contributed by atoms with van der Waals surface area (Å²) in [5.74, 6) is 0.0762. The number of nitrogens with zero attached hydrogens (tertiary/aromatic N) is 1. The molecule has 0 fully saturated rings. The van der Waals surface area contributed by atoms with E-state index in [4.69, 9.17) is 4.74 Å². The highest BCUT2D eigenvalue weighted by Gasteiger charge is 2.28. The second-order valence-electron chi connectivity index (χ2n) is 6.84. The number of benzene rings is 2. The Morgan fingerprint density at radius 2 is 1.71 bits per heavy atom. The molecule has 1 aliphatic rings. The molecule has 0 saturated carbocycles. The van der Waals surface area contributed by atoms with E-state index in [0.717, 1.165) is 11.3 Å². The van der Waals surface area contributed by atoms with Crippen LogP contribution >= 0.6 is 0 Å². The summed E-state index contributed by atoms with van der Waals surface area (Å²) in [5.41, 5.74) is 6.85. The third kappa shape index (κ3) is 3.81. The number of amides is 1. The molecule has 4 nitrogen and oxygen atoms in total. The average molecular weight is 370 g/mol. The third-order valence-electron chi connectivity index (χ3n) is 4.95. The molecule has 1 aliphatic carbocycles. The largest absolute Gasteiger partial charge is 0.449 e. The number of fused-ring (bicyclic) bond motifs is 3. The van der Waals surface area contributed by atoms with Crippen molar-refractivity contribution in [3.63, 3.8) is 0 Å². The summed E-state index contributed by atoms with van der Waals surface area (Å²) in [6.45, 7) is 2.68. The normalized spacial score (nSPS) is 12.6. The van der Waals surface area contributed by atoms with Crippen LogP contribution in [0.4, 0.5) is 4.79 Å². The molecule has 28 heavy (non-hydrogen) atoms. The van der Waals surface area contributed by atoms with Crippen molar-refractivity contribution in [1.29, 1.82) is 0 Å². The Bertz CT molecular complexity index is 964. The number of aromatic nitrogens is 1. The fraction of sp³-hybridized carbons (Fsp3) is 0.167. The molecule has 4 rings (SSSR count). The van der Waals surface area contributed by atoms with Gasteiger partial charge in [-0.3, -0.25) is 4.98 Å². The zero-order chi connectivity index (χ0) is 19.3. The summed E-state index contributed by atoms with van der Waals surface area (Å²) < 4.78 is 5.51. The maximum absolute atomic E-state index is 12.1. The summed E-state index contributed by atoms with van der Waals surface area (Å²) in [5, 5.41) is 2.77. The van der Waals surface area contributed by atoms with Crippen LogP contribution in [0.15, 0.2) is 72.9 Å². The second-order valence-corrected chi connectivity index (χ2v) is 6.84. The number of alkyl carbamates (subject to hydrolysis) is 1. The summed E-state index contributed by atoms with van der Waals surface area (Å²) in [7, 11) is 0. The van der Waals surface area contributed by atoms with Gasteiger partial charge in [0.15, 0.2) is 0 Å². The number of ether oxygens (including phenoxy) is 1. The van der Waals surface area contributed by atoms with Crippen molar-refractivity contribution in [2.24, 2.45) is 0 Å². The number of carbonyl (C=O) groups is 1. The molecule has 0 aliphatic heterocycles. The smallest absolute Gasteiger partial charge is 0.407 e. The zero-order valence-corrected chi connectivity index (χ0v) is 15.8. The highest BCUT2D eigenvalue weighted by Crippen LogP contribution is 2.44. The Morgan fingerprint density at radius 1 is 1.04 bits per heavy atom. The molecule has 0 bridgehead atoms. The van der Waals surface area contributed by atoms with E-state index in [2.05, 4.69) is 34.6 Å². The van der Waals surface area contributed by atoms with Crippen molar-refractivity contribution in [2.75, 3.05) is 13.2 Å². The minimum absolute atomic E-state index is 0.0762. The van der Waals surface area contributed by atoms with Crippen LogP contribution in [0.1, 0.15) is 28.3 Å². The number of hydrogen-bond donors (Lipinski definition) is 1. The first-order chi connectivity index (χ1) is 13.7. The molecule has 1 aromatic heterocycles. The first-order valence-electron chi connectivity index (χ1n) is 9.40. The van der Waals surface area contributed by atoms with E-state index in [9.17, 15) is 4.79 Å². The molecule has 0 saturated heterocycles. The summed E-state index contributed by atoms with van der Waals surface area (Å²) in [6.07, 6.45) is 5.21. The van der Waals surface area contributed by atoms with Crippen molar-refractivity contribution in [2.45, 2.75) is 12.8 Å². The van der Waals surface area contributed by atoms with Crippen molar-refractivity contribution in [1.82, 2.24) is 10.3 Å². The van der Waals surface area contributed by atoms with Crippen LogP contribution in [0.3, 0.4) is 0 Å². The number of nitrogens with one attached hydrogen (secondary N) is 1. The zero-order valence-electron chi connectivity index (χ0n) is 15.8. The van der Waals surface area contributed by atoms with Crippen LogP contribution in [-0.2, 0) is 4.74 Å². The van der Waals surface area contributed by atoms with Crippen molar-refractivity contribution in [3.05, 3.63) is 95.3 Å². The van der Waals surface area contributed by atoms with Gasteiger partial charge in [-0.15, -0.1) is 0 Å². The molecule has 4 heteroatoms. The van der Waals surface area contributed by atoms with Crippen LogP contribution in [0, 0.1) is 6.92 Å². The van der Waals surface area contributed by atoms with Crippen LogP contribution in [0.25, 0.3) is 17.2 Å². The number of aryl methyl sites for hydroxylation is 1. The van der Waals surface area contributed by atoms with E-state index in [1.54, 1.807) is 6.20 Å². The Labute approximate surface area is 164 Å². The summed E-state index contributed by atoms with van der Waals surface area (Å²) in [4.78, 5) is 16.3. The molecule has 1 amide bonds. The first-order valence-corrected chi connectivity index (χ1v) is 9.40. The van der Waals surface area contributed by atoms with Crippen LogP contribution in [0.5, 0.6) is 0 Å². The molecule has 2 aromatic carbocycles. The summed E-state index contributed by atoms with van der Waals surface area (Å²) >= 11 is 0. The Balaban J connectivity index is 1.33. The quantitative estimate of drug-likeness (QED) is 0.692. The number of hydrogen-bond acceptors (Lipinski definition) is 3. The standard InChI is InChI=1S/C24H22N2O2/c1-17-12-13-18(15-26-17)7-6-14-25-24(27)28-16-23-21-10-4-2-8-19(21)20-9-3-5-11-22(20)23/h2-13,15,23H,14,16H2,1H3,(H,25,27). The van der Waals surface area contributed by atoms with Gasteiger partial charge in [-0.05, 0) is 40.8 Å². The predicted molar refractivity (Wildman–Crippen MR) is 111 cm³/mol. The molecule has 0 unspecified atom stereocenters. The number of rotatable bonds is 5. The number of carbonyl (C=O) groups excluding carboxylic acids is 1. The predicted octanol–water partition coefficient (Wildman–Crippen LogP) is 4.94. The Hall–Kier alpha value is -3.40. The topological polar surface area (TPSA) is 51.2 Å². The first kappa shape index (κ1) is 18.0. The van der Waals surface area contributed by atoms with Gasteiger partial charge in [-0.1, -0.05) is 66.7 Å². The van der Waals surface area contributed by atoms with Gasteiger partial charge < -0.3 is 10.1 Å². The SMILES string of the molecule is Cc1ccc(C=CCNC(=O)OCC2c3ccccc3-c3ccccc32)cn1. The molecule has 0 atom stereocenters. The average Bonchev–Trinajstić information content (AvgIpc) is 3.05. The van der Waals surface area contributed by atoms with E-state index >= 15 is 0 Å². The molecule has 0 spiro atoms. The van der Waals surface area contributed by atoms with E-state index in [-0.39, 0.29) is 5.92 Å². The van der Waals surface area contributed by atoms with Crippen molar-refractivity contribution >= 4 is 12.2 Å². The fourth-order valence-corrected chi connectivity index (χ4v) is 3.56. The Morgan fingerprint density at radius 3 is 2.36 bits per heavy atom. The van der Waals surface area contributed by atoms with Crippen molar-refractivity contribution in [3.8, 4) is 11.1 Å². The van der Waals surface area contributed by atoms with Crippen LogP contribution in [0.2, 0.25) is 0 Å². The lowest BCUT2D eigenvalue weighted by molar-refractivity contribution is 0.144. The molecule has 140 valence electrons. The molecule has 3 aromatic rings. The lowest BCUT2D eigenvalue weighted by Gasteiger charge is -2.14. The highest BCUT2D eigenvalue weighted by molar-refractivity contribution is 5.79. The van der Waals surface area contributed by atoms with Crippen LogP contribution in [-0.4, -0.2) is 24.2 Å². The molecular weight excluding hydrogens is 348 g/mol. The molecular formula is C24H22N2O2. The molecule has 1 heterocycles. The van der Waals surface area contributed by atoms with Crippen molar-refractivity contribution < 1.29 is 9.53 Å². The maximum atomic E-state index is 12.1. The van der Waals surface area contributed by atoms with Gasteiger partial charge >= 0.3 is 6.09 Å². The fourth-order valence-electron chi connectivity index (χ4n) is 3.56. The van der Waals surface area contributed by atoms with Gasteiger partial charge in [-0.25, -0.2) is 4.79 Å². The minimum Gasteiger partial charge on any atom is -0.449 e. The molecule has 0 radical (unpaired) electrons. The summed E-state index contributed by atoms with van der Waals surface area (Å²) in [6, 6.07) is 20.6. The third-order valence-corrected chi connectivity index (χ3v) is 4.95. The second kappa shape index (κ2) is 8.09. The monoisotopic (exact) mass is 370 g/mol. The highest BCUT2D eigenvalue weighted by atomic mass is 16.5. The Kier molecular flexibility index (Phi) is 5.20. The van der Waals surface area contributed by atoms with Gasteiger partial charge in [0, 0.05) is 24.4 Å². The lowest BCUT2D eigenvalue weighted by Crippen LogP contribution is -2.26. The van der Waals surface area contributed by atoms with E-state index in [1.807, 2.05) is 55.5 Å². The van der Waals surface area contributed by atoms with E-state index < -0.39 is 6.09 Å². The van der Waals surface area contributed by atoms with Gasteiger partial charge in [0.1, 0.15) is 6.61 Å². The van der Waals surface area contributed by atoms with Crippen LogP contribution < -0.4 is 5.32 Å². The lowest BCUT2D eigenvalue weighted by atomic mass is 9.98. The molecule has 1 N–H and O–H groups in total.